The SMILES string of the molecule is CS(=O)(=O)c1ccc(NC(=O)c2ccc(CN3C(=O)c4ccc(Cl)cc4NC(=O)[C@H]3Cc3ccccn3)cc2Cl)nc1. The first-order valence-electron chi connectivity index (χ1n) is 12.6. The fraction of sp³-hybridized carbons (Fsp3) is 0.138. The number of pyridine rings is 2. The summed E-state index contributed by atoms with van der Waals surface area (Å²) in [4.78, 5) is 49.8. The van der Waals surface area contributed by atoms with Crippen LogP contribution >= 0.6 is 23.2 Å². The second-order valence-corrected chi connectivity index (χ2v) is 12.4. The van der Waals surface area contributed by atoms with E-state index in [2.05, 4.69) is 20.6 Å². The molecule has 2 aromatic heterocycles. The Morgan fingerprint density at radius 2 is 1.83 bits per heavy atom. The molecule has 0 spiro atoms. The van der Waals surface area contributed by atoms with Gasteiger partial charge in [-0.05, 0) is 60.2 Å². The van der Waals surface area contributed by atoms with Crippen molar-refractivity contribution in [3.63, 3.8) is 0 Å². The van der Waals surface area contributed by atoms with Gasteiger partial charge in [0.15, 0.2) is 9.84 Å². The molecular formula is C29H23Cl2N5O5S. The van der Waals surface area contributed by atoms with E-state index < -0.39 is 27.7 Å². The highest BCUT2D eigenvalue weighted by molar-refractivity contribution is 7.90. The average molecular weight is 625 g/mol. The van der Waals surface area contributed by atoms with Crippen LogP contribution in [0, 0.1) is 0 Å². The summed E-state index contributed by atoms with van der Waals surface area (Å²) < 4.78 is 23.3. The molecule has 2 N–H and O–H groups in total. The number of nitrogens with one attached hydrogen (secondary N) is 2. The number of sulfone groups is 1. The van der Waals surface area contributed by atoms with E-state index in [1.54, 1.807) is 48.7 Å². The lowest BCUT2D eigenvalue weighted by Gasteiger charge is -2.29. The number of carbonyl (C=O) groups is 3. The van der Waals surface area contributed by atoms with Crippen LogP contribution in [-0.2, 0) is 27.6 Å². The van der Waals surface area contributed by atoms with Crippen LogP contribution in [0.15, 0.2) is 84.0 Å². The summed E-state index contributed by atoms with van der Waals surface area (Å²) in [6.45, 7) is 0.0158. The third kappa shape index (κ3) is 6.43. The largest absolute Gasteiger partial charge is 0.323 e. The molecule has 0 saturated carbocycles. The van der Waals surface area contributed by atoms with Crippen LogP contribution < -0.4 is 10.6 Å². The Hall–Kier alpha value is -4.32. The Morgan fingerprint density at radius 1 is 1.02 bits per heavy atom. The Bertz CT molecular complexity index is 1800. The van der Waals surface area contributed by atoms with Crippen LogP contribution in [0.25, 0.3) is 0 Å². The molecule has 3 amide bonds. The molecule has 4 aromatic rings. The maximum atomic E-state index is 13.8. The summed E-state index contributed by atoms with van der Waals surface area (Å²) in [5, 5.41) is 5.89. The van der Waals surface area contributed by atoms with E-state index in [1.807, 2.05) is 0 Å². The van der Waals surface area contributed by atoms with Gasteiger partial charge in [0.05, 0.1) is 26.7 Å². The third-order valence-corrected chi connectivity index (χ3v) is 8.22. The van der Waals surface area contributed by atoms with E-state index >= 15 is 0 Å². The van der Waals surface area contributed by atoms with Crippen molar-refractivity contribution in [2.24, 2.45) is 0 Å². The van der Waals surface area contributed by atoms with Gasteiger partial charge in [0, 0.05) is 42.3 Å². The van der Waals surface area contributed by atoms with E-state index in [4.69, 9.17) is 23.2 Å². The van der Waals surface area contributed by atoms with Gasteiger partial charge < -0.3 is 15.5 Å². The highest BCUT2D eigenvalue weighted by atomic mass is 35.5. The van der Waals surface area contributed by atoms with Crippen molar-refractivity contribution >= 4 is 62.3 Å². The van der Waals surface area contributed by atoms with E-state index in [1.165, 1.54) is 29.2 Å². The van der Waals surface area contributed by atoms with Crippen molar-refractivity contribution in [3.8, 4) is 0 Å². The molecule has 5 rings (SSSR count). The van der Waals surface area contributed by atoms with Gasteiger partial charge in [0.2, 0.25) is 5.91 Å². The second kappa shape index (κ2) is 11.9. The first-order chi connectivity index (χ1) is 20.0. The van der Waals surface area contributed by atoms with Crippen molar-refractivity contribution in [2.45, 2.75) is 23.9 Å². The molecular weight excluding hydrogens is 601 g/mol. The number of halogens is 2. The van der Waals surface area contributed by atoms with Gasteiger partial charge in [-0.25, -0.2) is 13.4 Å². The lowest BCUT2D eigenvalue weighted by molar-refractivity contribution is -0.120. The van der Waals surface area contributed by atoms with E-state index in [9.17, 15) is 22.8 Å². The minimum absolute atomic E-state index is 0.0158. The van der Waals surface area contributed by atoms with Gasteiger partial charge in [-0.2, -0.15) is 0 Å². The summed E-state index contributed by atoms with van der Waals surface area (Å²) in [5.74, 6) is -1.20. The van der Waals surface area contributed by atoms with Crippen molar-refractivity contribution in [1.29, 1.82) is 0 Å². The standard InChI is InChI=1S/C29H23Cl2N5O5S/c1-42(40,41)20-7-10-26(33-15-20)35-27(37)21-8-5-17(12-23(21)31)16-36-25(14-19-4-2-3-11-32-19)28(38)34-24-13-18(30)6-9-22(24)29(36)39/h2-13,15,25H,14,16H2,1H3,(H,34,38)(H,33,35,37)/t25-/m1/s1. The second-order valence-electron chi connectivity index (χ2n) is 9.57. The number of hydrogen-bond donors (Lipinski definition) is 2. The lowest BCUT2D eigenvalue weighted by Crippen LogP contribution is -2.46. The fourth-order valence-corrected chi connectivity index (χ4v) is 5.48. The zero-order chi connectivity index (χ0) is 30.0. The smallest absolute Gasteiger partial charge is 0.258 e. The molecule has 214 valence electrons. The number of hydrogen-bond acceptors (Lipinski definition) is 7. The molecule has 1 atom stereocenters. The van der Waals surface area contributed by atoms with Gasteiger partial charge in [-0.3, -0.25) is 19.4 Å². The van der Waals surface area contributed by atoms with Crippen LogP contribution in [0.4, 0.5) is 11.5 Å². The molecule has 0 saturated heterocycles. The monoisotopic (exact) mass is 623 g/mol. The molecule has 0 fully saturated rings. The van der Waals surface area contributed by atoms with Crippen LogP contribution in [0.1, 0.15) is 32.0 Å². The maximum absolute atomic E-state index is 13.8. The van der Waals surface area contributed by atoms with E-state index in [0.717, 1.165) is 12.5 Å². The molecule has 1 aliphatic rings. The minimum Gasteiger partial charge on any atom is -0.323 e. The maximum Gasteiger partial charge on any atom is 0.258 e. The highest BCUT2D eigenvalue weighted by Crippen LogP contribution is 2.29. The van der Waals surface area contributed by atoms with Crippen molar-refractivity contribution in [1.82, 2.24) is 14.9 Å². The Kier molecular flexibility index (Phi) is 8.26. The van der Waals surface area contributed by atoms with Crippen molar-refractivity contribution in [3.05, 3.63) is 112 Å². The van der Waals surface area contributed by atoms with Crippen molar-refractivity contribution < 1.29 is 22.8 Å². The topological polar surface area (TPSA) is 138 Å². The Labute approximate surface area is 251 Å². The summed E-state index contributed by atoms with van der Waals surface area (Å²) in [7, 11) is -3.43. The molecule has 10 nitrogen and oxygen atoms in total. The molecule has 0 aliphatic carbocycles. The van der Waals surface area contributed by atoms with Gasteiger partial charge in [-0.15, -0.1) is 0 Å². The van der Waals surface area contributed by atoms with Gasteiger partial charge >= 0.3 is 0 Å². The van der Waals surface area contributed by atoms with Crippen LogP contribution in [0.2, 0.25) is 10.0 Å². The number of nitrogens with zero attached hydrogens (tertiary/aromatic N) is 3. The average Bonchev–Trinajstić information content (AvgIpc) is 3.03. The Morgan fingerprint density at radius 3 is 2.50 bits per heavy atom. The Balaban J connectivity index is 1.41. The number of rotatable bonds is 7. The first kappa shape index (κ1) is 29.2. The first-order valence-corrected chi connectivity index (χ1v) is 15.2. The minimum atomic E-state index is -3.43. The fourth-order valence-electron chi connectivity index (χ4n) is 4.46. The normalized spacial score (nSPS) is 15.0. The quantitative estimate of drug-likeness (QED) is 0.306. The number of carbonyl (C=O) groups excluding carboxylic acids is 3. The predicted octanol–water partition coefficient (Wildman–Crippen LogP) is 4.65. The number of amides is 3. The molecule has 1 aliphatic heterocycles. The summed E-state index contributed by atoms with van der Waals surface area (Å²) in [6, 6.07) is 16.5. The molecule has 0 bridgehead atoms. The summed E-state index contributed by atoms with van der Waals surface area (Å²) in [5.41, 5.74) is 1.95. The zero-order valence-corrected chi connectivity index (χ0v) is 24.4. The van der Waals surface area contributed by atoms with Gasteiger partial charge in [-0.1, -0.05) is 35.3 Å². The van der Waals surface area contributed by atoms with Gasteiger partial charge in [0.25, 0.3) is 11.8 Å². The molecule has 0 radical (unpaired) electrons. The molecule has 0 unspecified atom stereocenters. The number of aromatic nitrogens is 2. The number of benzene rings is 2. The molecule has 13 heteroatoms. The highest BCUT2D eigenvalue weighted by Gasteiger charge is 2.36. The van der Waals surface area contributed by atoms with Crippen molar-refractivity contribution in [2.75, 3.05) is 16.9 Å². The van der Waals surface area contributed by atoms with Gasteiger partial charge in [0.1, 0.15) is 11.9 Å². The predicted molar refractivity (Wildman–Crippen MR) is 158 cm³/mol. The van der Waals surface area contributed by atoms with Crippen LogP contribution in [-0.4, -0.2) is 53.3 Å². The lowest BCUT2D eigenvalue weighted by atomic mass is 10.0. The molecule has 2 aromatic carbocycles. The number of anilines is 2. The van der Waals surface area contributed by atoms with E-state index in [-0.39, 0.29) is 45.7 Å². The summed E-state index contributed by atoms with van der Waals surface area (Å²) in [6.07, 6.45) is 3.99. The molecule has 42 heavy (non-hydrogen) atoms. The zero-order valence-electron chi connectivity index (χ0n) is 22.0. The summed E-state index contributed by atoms with van der Waals surface area (Å²) >= 11 is 12.6. The van der Waals surface area contributed by atoms with Crippen LogP contribution in [0.3, 0.4) is 0 Å². The number of fused-ring (bicyclic) bond motifs is 1. The molecule has 3 heterocycles. The third-order valence-electron chi connectivity index (χ3n) is 6.58. The van der Waals surface area contributed by atoms with E-state index in [0.29, 0.717) is 22.0 Å². The van der Waals surface area contributed by atoms with Crippen LogP contribution in [0.5, 0.6) is 0 Å².